The minimum Gasteiger partial charge on any atom is -0.396 e. The molecule has 1 rings (SSSR count). The van der Waals surface area contributed by atoms with E-state index < -0.39 is 0 Å². The third-order valence-electron chi connectivity index (χ3n) is 2.04. The molecule has 0 unspecified atom stereocenters. The summed E-state index contributed by atoms with van der Waals surface area (Å²) in [4.78, 5) is 0. The molecule has 0 radical (unpaired) electrons. The van der Waals surface area contributed by atoms with Crippen LogP contribution in [-0.4, -0.2) is 11.7 Å². The second-order valence-corrected chi connectivity index (χ2v) is 3.96. The first-order chi connectivity index (χ1) is 6.66. The number of hydrogen-bond donors (Lipinski definition) is 2. The summed E-state index contributed by atoms with van der Waals surface area (Å²) in [5, 5.41) is 8.64. The highest BCUT2D eigenvalue weighted by Crippen LogP contribution is 2.27. The molecule has 0 heterocycles. The molecule has 0 aromatic heterocycles. The Morgan fingerprint density at radius 1 is 1.47 bits per heavy atom. The van der Waals surface area contributed by atoms with Gasteiger partial charge in [0, 0.05) is 22.7 Å². The van der Waals surface area contributed by atoms with Crippen molar-refractivity contribution in [2.45, 2.75) is 18.9 Å². The largest absolute Gasteiger partial charge is 0.396 e. The lowest BCUT2D eigenvalue weighted by molar-refractivity contribution is 0.279. The zero-order chi connectivity index (χ0) is 10.6. The molecule has 2 nitrogen and oxygen atoms in total. The molecular weight excluding hydrogens is 284 g/mol. The molecule has 0 aliphatic carbocycles. The highest BCUT2D eigenvalue weighted by molar-refractivity contribution is 9.10. The first-order valence-electron chi connectivity index (χ1n) is 4.47. The van der Waals surface area contributed by atoms with Gasteiger partial charge in [0.2, 0.25) is 0 Å². The summed E-state index contributed by atoms with van der Waals surface area (Å²) in [5.41, 5.74) is 6.29. The van der Waals surface area contributed by atoms with Gasteiger partial charge in [-0.15, -0.1) is 12.4 Å². The van der Waals surface area contributed by atoms with Gasteiger partial charge in [-0.05, 0) is 25.0 Å². The second kappa shape index (κ2) is 7.17. The number of hydrogen-bond acceptors (Lipinski definition) is 2. The van der Waals surface area contributed by atoms with Crippen molar-refractivity contribution in [3.05, 3.63) is 34.1 Å². The van der Waals surface area contributed by atoms with Crippen LogP contribution >= 0.6 is 28.3 Å². The first kappa shape index (κ1) is 14.8. The number of benzene rings is 1. The van der Waals surface area contributed by atoms with Crippen LogP contribution in [-0.2, 0) is 0 Å². The lowest BCUT2D eigenvalue weighted by atomic mass is 10.0. The Morgan fingerprint density at radius 3 is 2.67 bits per heavy atom. The molecule has 0 spiro atoms. The van der Waals surface area contributed by atoms with Crippen LogP contribution in [0.2, 0.25) is 0 Å². The minimum atomic E-state index is -0.363. The van der Waals surface area contributed by atoms with E-state index >= 15 is 0 Å². The molecule has 0 saturated carbocycles. The van der Waals surface area contributed by atoms with Gasteiger partial charge in [0.15, 0.2) is 0 Å². The second-order valence-electron chi connectivity index (χ2n) is 3.11. The smallest absolute Gasteiger partial charge is 0.129 e. The van der Waals surface area contributed by atoms with Crippen LogP contribution in [0.15, 0.2) is 22.7 Å². The summed E-state index contributed by atoms with van der Waals surface area (Å²) in [6.45, 7) is 0.0831. The monoisotopic (exact) mass is 297 g/mol. The maximum Gasteiger partial charge on any atom is 0.129 e. The standard InChI is InChI=1S/C10H13BrFNO.ClH/c11-7-3-1-4-8(12)10(7)9(13)5-2-6-14;/h1,3-4,9,14H,2,5-6,13H2;1H/t9-;/m0./s1. The summed E-state index contributed by atoms with van der Waals surface area (Å²) >= 11 is 3.26. The van der Waals surface area contributed by atoms with E-state index in [0.717, 1.165) is 0 Å². The average Bonchev–Trinajstić information content (AvgIpc) is 2.14. The van der Waals surface area contributed by atoms with Crippen LogP contribution < -0.4 is 5.73 Å². The highest BCUT2D eigenvalue weighted by Gasteiger charge is 2.13. The maximum absolute atomic E-state index is 13.4. The normalized spacial score (nSPS) is 12.0. The van der Waals surface area contributed by atoms with Gasteiger partial charge in [0.05, 0.1) is 0 Å². The third kappa shape index (κ3) is 4.07. The van der Waals surface area contributed by atoms with Crippen LogP contribution in [0.3, 0.4) is 0 Å². The molecule has 0 fully saturated rings. The van der Waals surface area contributed by atoms with Gasteiger partial charge in [-0.3, -0.25) is 0 Å². The summed E-state index contributed by atoms with van der Waals surface area (Å²) < 4.78 is 14.0. The molecule has 5 heteroatoms. The minimum absolute atomic E-state index is 0. The van der Waals surface area contributed by atoms with Crippen molar-refractivity contribution < 1.29 is 9.50 Å². The van der Waals surface area contributed by atoms with E-state index in [9.17, 15) is 4.39 Å². The predicted octanol–water partition coefficient (Wildman–Crippen LogP) is 2.78. The Hall–Kier alpha value is -0.160. The molecule has 1 atom stereocenters. The summed E-state index contributed by atoms with van der Waals surface area (Å²) in [6.07, 6.45) is 1.16. The predicted molar refractivity (Wildman–Crippen MR) is 64.6 cm³/mol. The molecular formula is C10H14BrClFNO. The van der Waals surface area contributed by atoms with Gasteiger partial charge in [0.1, 0.15) is 5.82 Å². The lowest BCUT2D eigenvalue weighted by Crippen LogP contribution is -2.13. The zero-order valence-electron chi connectivity index (χ0n) is 8.12. The molecule has 0 aliphatic rings. The molecule has 86 valence electrons. The van der Waals surface area contributed by atoms with E-state index in [1.165, 1.54) is 6.07 Å². The molecule has 0 bridgehead atoms. The summed E-state index contributed by atoms with van der Waals surface area (Å²) in [6, 6.07) is 4.41. The lowest BCUT2D eigenvalue weighted by Gasteiger charge is -2.13. The SMILES string of the molecule is Cl.N[C@@H](CCCO)c1c(F)cccc1Br. The summed E-state index contributed by atoms with van der Waals surface area (Å²) in [5.74, 6) is -0.301. The number of rotatable bonds is 4. The number of aliphatic hydroxyl groups is 1. The van der Waals surface area contributed by atoms with Crippen molar-refractivity contribution in [3.63, 3.8) is 0 Å². The Bertz CT molecular complexity index is 291. The fourth-order valence-corrected chi connectivity index (χ4v) is 1.96. The molecule has 15 heavy (non-hydrogen) atoms. The fraction of sp³-hybridized carbons (Fsp3) is 0.400. The Kier molecular flexibility index (Phi) is 7.09. The van der Waals surface area contributed by atoms with Crippen molar-refractivity contribution in [1.82, 2.24) is 0 Å². The van der Waals surface area contributed by atoms with Gasteiger partial charge in [-0.1, -0.05) is 22.0 Å². The van der Waals surface area contributed by atoms with Gasteiger partial charge in [-0.2, -0.15) is 0 Å². The van der Waals surface area contributed by atoms with Crippen molar-refractivity contribution >= 4 is 28.3 Å². The summed E-state index contributed by atoms with van der Waals surface area (Å²) in [7, 11) is 0. The van der Waals surface area contributed by atoms with E-state index in [1.54, 1.807) is 12.1 Å². The Morgan fingerprint density at radius 2 is 2.13 bits per heavy atom. The topological polar surface area (TPSA) is 46.2 Å². The van der Waals surface area contributed by atoms with Crippen molar-refractivity contribution in [1.29, 1.82) is 0 Å². The first-order valence-corrected chi connectivity index (χ1v) is 5.26. The highest BCUT2D eigenvalue weighted by atomic mass is 79.9. The van der Waals surface area contributed by atoms with E-state index in [4.69, 9.17) is 10.8 Å². The number of nitrogens with two attached hydrogens (primary N) is 1. The fourth-order valence-electron chi connectivity index (χ4n) is 1.32. The zero-order valence-corrected chi connectivity index (χ0v) is 10.5. The van der Waals surface area contributed by atoms with Gasteiger partial charge in [-0.25, -0.2) is 4.39 Å². The van der Waals surface area contributed by atoms with Crippen molar-refractivity contribution in [2.75, 3.05) is 6.61 Å². The van der Waals surface area contributed by atoms with Crippen molar-refractivity contribution in [3.8, 4) is 0 Å². The average molecular weight is 299 g/mol. The van der Waals surface area contributed by atoms with Crippen molar-refractivity contribution in [2.24, 2.45) is 5.73 Å². The third-order valence-corrected chi connectivity index (χ3v) is 2.74. The maximum atomic E-state index is 13.4. The Balaban J connectivity index is 0.00000196. The van der Waals surface area contributed by atoms with Crippen LogP contribution in [0.4, 0.5) is 4.39 Å². The van der Waals surface area contributed by atoms with E-state index in [1.807, 2.05) is 0 Å². The number of halogens is 3. The van der Waals surface area contributed by atoms with Crippen LogP contribution in [0, 0.1) is 5.82 Å². The quantitative estimate of drug-likeness (QED) is 0.898. The van der Waals surface area contributed by atoms with Crippen LogP contribution in [0.1, 0.15) is 24.4 Å². The molecule has 0 amide bonds. The van der Waals surface area contributed by atoms with Gasteiger partial charge in [0.25, 0.3) is 0 Å². The van der Waals surface area contributed by atoms with E-state index in [-0.39, 0.29) is 30.9 Å². The van der Waals surface area contributed by atoms with E-state index in [2.05, 4.69) is 15.9 Å². The number of aliphatic hydroxyl groups excluding tert-OH is 1. The van der Waals surface area contributed by atoms with E-state index in [0.29, 0.717) is 22.9 Å². The molecule has 0 aliphatic heterocycles. The van der Waals surface area contributed by atoms with Gasteiger partial charge < -0.3 is 10.8 Å². The van der Waals surface area contributed by atoms with Crippen LogP contribution in [0.5, 0.6) is 0 Å². The molecule has 1 aromatic rings. The molecule has 0 saturated heterocycles. The van der Waals surface area contributed by atoms with Crippen LogP contribution in [0.25, 0.3) is 0 Å². The van der Waals surface area contributed by atoms with Gasteiger partial charge >= 0.3 is 0 Å². The molecule has 1 aromatic carbocycles. The Labute approximate surface area is 103 Å². The molecule has 3 N–H and O–H groups in total.